The number of carbonyl (C=O) groups excluding carboxylic acids is 5. The minimum absolute atomic E-state index is 0.0116. The summed E-state index contributed by atoms with van der Waals surface area (Å²) < 4.78 is 8.20. The molecule has 0 aliphatic heterocycles. The monoisotopic (exact) mass is 591 g/mol. The van der Waals surface area contributed by atoms with Crippen molar-refractivity contribution in [3.8, 4) is 0 Å². The van der Waals surface area contributed by atoms with Gasteiger partial charge in [-0.3, -0.25) is 29.0 Å². The van der Waals surface area contributed by atoms with Gasteiger partial charge in [0, 0.05) is 20.0 Å². The molecule has 232 valence electrons. The van der Waals surface area contributed by atoms with Crippen molar-refractivity contribution in [2.45, 2.75) is 63.7 Å². The van der Waals surface area contributed by atoms with Crippen LogP contribution in [0, 0.1) is 5.92 Å². The van der Waals surface area contributed by atoms with E-state index in [1.54, 1.807) is 44.2 Å². The van der Waals surface area contributed by atoms with Crippen LogP contribution in [0.5, 0.6) is 0 Å². The van der Waals surface area contributed by atoms with Crippen molar-refractivity contribution < 1.29 is 35.3 Å². The second-order valence-electron chi connectivity index (χ2n) is 9.98. The van der Waals surface area contributed by atoms with E-state index in [0.29, 0.717) is 18.3 Å². The molecule has 0 aliphatic rings. The van der Waals surface area contributed by atoms with Gasteiger partial charge in [-0.05, 0) is 24.3 Å². The number of nitrogens with two attached hydrogens (primary N) is 3. The van der Waals surface area contributed by atoms with E-state index in [2.05, 4.69) is 15.6 Å². The number of hydrogen-bond acceptors (Lipinski definition) is 8. The molecule has 42 heavy (non-hydrogen) atoms. The third-order valence-corrected chi connectivity index (χ3v) is 6.20. The molecule has 0 bridgehead atoms. The fraction of sp³-hybridized carbons (Fsp3) is 0.519. The van der Waals surface area contributed by atoms with Gasteiger partial charge in [0.1, 0.15) is 18.4 Å². The van der Waals surface area contributed by atoms with Crippen LogP contribution in [0.3, 0.4) is 0 Å². The molecule has 0 aromatic heterocycles. The Labute approximate surface area is 246 Å². The second kappa shape index (κ2) is 18.0. The zero-order valence-electron chi connectivity index (χ0n) is 25.1. The van der Waals surface area contributed by atoms with E-state index in [0.717, 1.165) is 0 Å². The standard InChI is InChI=1S/C27H42N8O7/c1-16(2)21(15-36)35(3)26(42)20(12-17-8-5-4-6-9-17)34-25(41)19(13-23(38)39)33-22(37)14-32-24(40)18(28)10-7-11-31-27(29)30/h4-6,8-9,15-16,18-21H,7,10-14,28H2,1-3H3,(H,32,40)(H,33,37)(H,34,41)(H,38,39)(H4,29,30,31)/t18-,19-,20-,21+/m0/s1/i/hD. The quantitative estimate of drug-likeness (QED) is 0.0422. The number of carboxylic acids is 1. The predicted molar refractivity (Wildman–Crippen MR) is 155 cm³/mol. The van der Waals surface area contributed by atoms with Crippen LogP contribution in [-0.2, 0) is 35.2 Å². The van der Waals surface area contributed by atoms with Crippen molar-refractivity contribution in [3.05, 3.63) is 35.9 Å². The van der Waals surface area contributed by atoms with E-state index in [1.165, 1.54) is 11.9 Å². The highest BCUT2D eigenvalue weighted by molar-refractivity contribution is 5.95. The first-order chi connectivity index (χ1) is 20.2. The number of nitrogens with zero attached hydrogens (tertiary/aromatic N) is 2. The van der Waals surface area contributed by atoms with E-state index >= 15 is 0 Å². The van der Waals surface area contributed by atoms with Crippen LogP contribution in [0.15, 0.2) is 35.3 Å². The predicted octanol–water partition coefficient (Wildman–Crippen LogP) is -2.15. The largest absolute Gasteiger partial charge is 0.481 e. The Morgan fingerprint density at radius 2 is 1.74 bits per heavy atom. The number of aldehydes is 1. The summed E-state index contributed by atoms with van der Waals surface area (Å²) in [7, 11) is 1.41. The molecular weight excluding hydrogens is 548 g/mol. The number of nitrogens with one attached hydrogen (secondary N) is 3. The molecule has 0 unspecified atom stereocenters. The van der Waals surface area contributed by atoms with Crippen LogP contribution >= 0.6 is 0 Å². The second-order valence-corrected chi connectivity index (χ2v) is 9.98. The highest BCUT2D eigenvalue weighted by Gasteiger charge is 2.33. The van der Waals surface area contributed by atoms with E-state index in [4.69, 9.17) is 18.6 Å². The van der Waals surface area contributed by atoms with Crippen LogP contribution in [0.4, 0.5) is 0 Å². The Balaban J connectivity index is 3.06. The Morgan fingerprint density at radius 1 is 1.10 bits per heavy atom. The topological polar surface area (TPSA) is 252 Å². The van der Waals surface area contributed by atoms with Gasteiger partial charge < -0.3 is 47.9 Å². The fourth-order valence-electron chi connectivity index (χ4n) is 3.93. The zero-order chi connectivity index (χ0) is 32.7. The molecule has 0 saturated heterocycles. The van der Waals surface area contributed by atoms with Crippen molar-refractivity contribution in [1.82, 2.24) is 20.8 Å². The number of guanidine groups is 1. The SMILES string of the molecule is [2H]N(C(=O)CNC(=O)[C@@H](N)CCCN=C(N)N)[C@@H](CC(=O)O)C(=O)N[C@@H](Cc1ccccc1)C(=O)N(C)[C@H](C=O)C(C)C. The maximum absolute atomic E-state index is 13.4. The molecule has 0 aliphatic carbocycles. The first-order valence-corrected chi connectivity index (χ1v) is 13.4. The van der Waals surface area contributed by atoms with Crippen LogP contribution < -0.4 is 33.1 Å². The molecule has 15 heteroatoms. The number of carbonyl (C=O) groups is 6. The summed E-state index contributed by atoms with van der Waals surface area (Å²) in [5.41, 5.74) is 16.9. The molecule has 1 aromatic rings. The molecule has 4 amide bonds. The van der Waals surface area contributed by atoms with Crippen molar-refractivity contribution in [2.75, 3.05) is 20.1 Å². The van der Waals surface area contributed by atoms with Gasteiger partial charge in [-0.2, -0.15) is 0 Å². The summed E-state index contributed by atoms with van der Waals surface area (Å²) in [6, 6.07) is 3.74. The van der Waals surface area contributed by atoms with Crippen molar-refractivity contribution in [3.63, 3.8) is 0 Å². The summed E-state index contributed by atoms with van der Waals surface area (Å²) in [5, 5.41) is 14.3. The number of rotatable bonds is 18. The lowest BCUT2D eigenvalue weighted by atomic mass is 10.0. The molecule has 0 spiro atoms. The van der Waals surface area contributed by atoms with Gasteiger partial charge in [-0.25, -0.2) is 0 Å². The van der Waals surface area contributed by atoms with Crippen LogP contribution in [0.25, 0.3) is 0 Å². The zero-order valence-corrected chi connectivity index (χ0v) is 24.1. The molecule has 0 fully saturated rings. The summed E-state index contributed by atoms with van der Waals surface area (Å²) in [5.74, 6) is -5.33. The number of amides is 4. The molecule has 15 nitrogen and oxygen atoms in total. The lowest BCUT2D eigenvalue weighted by molar-refractivity contribution is -0.142. The summed E-state index contributed by atoms with van der Waals surface area (Å²) >= 11 is 0. The van der Waals surface area contributed by atoms with Crippen LogP contribution in [0.1, 0.15) is 38.7 Å². The first-order valence-electron chi connectivity index (χ1n) is 13.8. The summed E-state index contributed by atoms with van der Waals surface area (Å²) in [6.45, 7) is 3.00. The number of aliphatic carboxylic acids is 1. The first kappa shape index (κ1) is 33.7. The van der Waals surface area contributed by atoms with Crippen molar-refractivity contribution in [1.29, 1.82) is 0 Å². The third-order valence-electron chi connectivity index (χ3n) is 6.20. The molecule has 0 radical (unpaired) electrons. The third kappa shape index (κ3) is 12.8. The summed E-state index contributed by atoms with van der Waals surface area (Å²) in [4.78, 5) is 79.9. The molecule has 1 rings (SSSR count). The Kier molecular flexibility index (Phi) is 14.4. The van der Waals surface area contributed by atoms with Crippen molar-refractivity contribution >= 4 is 41.8 Å². The number of hydrogen-bond donors (Lipinski definition) is 7. The number of carboxylic acid groups (broad SMARTS) is 1. The number of benzene rings is 1. The Hall–Kier alpha value is -4.53. The molecular formula is C27H42N8O7. The Bertz CT molecular complexity index is 1150. The average molecular weight is 592 g/mol. The maximum Gasteiger partial charge on any atom is 0.305 e. The molecule has 10 N–H and O–H groups in total. The molecule has 1 aromatic carbocycles. The highest BCUT2D eigenvalue weighted by atomic mass is 16.4. The summed E-state index contributed by atoms with van der Waals surface area (Å²) in [6.07, 6.45) is 0.228. The Morgan fingerprint density at radius 3 is 2.29 bits per heavy atom. The van der Waals surface area contributed by atoms with E-state index in [-0.39, 0.29) is 36.6 Å². The molecule has 0 heterocycles. The van der Waals surface area contributed by atoms with Gasteiger partial charge in [-0.15, -0.1) is 0 Å². The fourth-order valence-corrected chi connectivity index (χ4v) is 3.93. The average Bonchev–Trinajstić information content (AvgIpc) is 2.95. The lowest BCUT2D eigenvalue weighted by Crippen LogP contribution is -2.57. The van der Waals surface area contributed by atoms with E-state index < -0.39 is 66.7 Å². The van der Waals surface area contributed by atoms with Gasteiger partial charge in [0.05, 0.1) is 25.0 Å². The normalized spacial score (nSPS) is 13.9. The van der Waals surface area contributed by atoms with E-state index in [9.17, 15) is 33.9 Å². The highest BCUT2D eigenvalue weighted by Crippen LogP contribution is 2.12. The van der Waals surface area contributed by atoms with Gasteiger partial charge in [-0.1, -0.05) is 44.2 Å². The van der Waals surface area contributed by atoms with Gasteiger partial charge in [0.15, 0.2) is 7.37 Å². The molecule has 0 saturated carbocycles. The minimum Gasteiger partial charge on any atom is -0.481 e. The number of likely N-dealkylation sites (N-methyl/N-ethyl adjacent to an activating group) is 1. The van der Waals surface area contributed by atoms with Gasteiger partial charge >= 0.3 is 5.97 Å². The minimum atomic E-state index is -1.85. The van der Waals surface area contributed by atoms with Gasteiger partial charge in [0.2, 0.25) is 23.6 Å². The van der Waals surface area contributed by atoms with Crippen LogP contribution in [-0.4, -0.2) is 96.2 Å². The van der Waals surface area contributed by atoms with Gasteiger partial charge in [0.25, 0.3) is 0 Å². The maximum atomic E-state index is 13.4. The lowest BCUT2D eigenvalue weighted by Gasteiger charge is -2.31. The van der Waals surface area contributed by atoms with E-state index in [1.807, 2.05) is 0 Å². The van der Waals surface area contributed by atoms with Crippen molar-refractivity contribution in [2.24, 2.45) is 28.1 Å². The molecule has 4 atom stereocenters. The van der Waals surface area contributed by atoms with Crippen LogP contribution in [0.2, 0.25) is 1.41 Å². The number of aliphatic imine (C=N–C) groups is 1. The smallest absolute Gasteiger partial charge is 0.305 e.